The molecule has 1 amide bonds. The maximum Gasteiger partial charge on any atom is 0.251 e. The molecule has 0 radical (unpaired) electrons. The van der Waals surface area contributed by atoms with Gasteiger partial charge in [-0.25, -0.2) is 0 Å². The van der Waals surface area contributed by atoms with Crippen LogP contribution in [0.1, 0.15) is 28.8 Å². The van der Waals surface area contributed by atoms with Crippen molar-refractivity contribution in [2.45, 2.75) is 25.8 Å². The van der Waals surface area contributed by atoms with Crippen molar-refractivity contribution in [1.29, 1.82) is 0 Å². The molecule has 0 aliphatic heterocycles. The number of rotatable bonds is 5. The third-order valence-electron chi connectivity index (χ3n) is 3.42. The summed E-state index contributed by atoms with van der Waals surface area (Å²) in [6.07, 6.45) is 2.59. The Bertz CT molecular complexity index is 441. The summed E-state index contributed by atoms with van der Waals surface area (Å²) in [5.41, 5.74) is 7.99. The number of amides is 1. The van der Waals surface area contributed by atoms with E-state index in [-0.39, 0.29) is 5.91 Å². The lowest BCUT2D eigenvalue weighted by Crippen LogP contribution is -2.34. The van der Waals surface area contributed by atoms with Crippen LogP contribution in [0.4, 0.5) is 5.69 Å². The fourth-order valence-electron chi connectivity index (χ4n) is 2.08. The van der Waals surface area contributed by atoms with E-state index < -0.39 is 0 Å². The van der Waals surface area contributed by atoms with E-state index in [1.54, 1.807) is 12.1 Å². The van der Waals surface area contributed by atoms with Crippen molar-refractivity contribution in [1.82, 2.24) is 10.2 Å². The predicted molar refractivity (Wildman–Crippen MR) is 73.6 cm³/mol. The summed E-state index contributed by atoms with van der Waals surface area (Å²) in [6, 6.07) is 6.11. The van der Waals surface area contributed by atoms with Crippen molar-refractivity contribution in [3.05, 3.63) is 29.3 Å². The van der Waals surface area contributed by atoms with Crippen LogP contribution >= 0.6 is 0 Å². The van der Waals surface area contributed by atoms with E-state index >= 15 is 0 Å². The molecule has 0 bridgehead atoms. The summed E-state index contributed by atoms with van der Waals surface area (Å²) in [4.78, 5) is 14.3. The van der Waals surface area contributed by atoms with Crippen molar-refractivity contribution < 1.29 is 4.79 Å². The Balaban J connectivity index is 1.83. The number of anilines is 1. The summed E-state index contributed by atoms with van der Waals surface area (Å²) < 4.78 is 0. The van der Waals surface area contributed by atoms with Gasteiger partial charge in [-0.05, 0) is 50.6 Å². The molecule has 1 fully saturated rings. The molecule has 2 rings (SSSR count). The number of aryl methyl sites for hydroxylation is 1. The van der Waals surface area contributed by atoms with Gasteiger partial charge in [0.2, 0.25) is 0 Å². The minimum Gasteiger partial charge on any atom is -0.399 e. The maximum absolute atomic E-state index is 12.0. The average Bonchev–Trinajstić information content (AvgIpc) is 3.12. The first kappa shape index (κ1) is 12.9. The van der Waals surface area contributed by atoms with Gasteiger partial charge in [0, 0.05) is 30.4 Å². The van der Waals surface area contributed by atoms with Crippen molar-refractivity contribution in [3.63, 3.8) is 0 Å². The molecule has 18 heavy (non-hydrogen) atoms. The number of carbonyl (C=O) groups excluding carboxylic acids is 1. The fraction of sp³-hybridized carbons (Fsp3) is 0.500. The molecule has 4 heteroatoms. The quantitative estimate of drug-likeness (QED) is 0.773. The standard InChI is InChI=1S/C14H21N3O/c1-10-9-11(15)3-6-13(10)14(18)16-7-8-17(2)12-4-5-12/h3,6,9,12H,4-5,7-8,15H2,1-2H3,(H,16,18). The second-order valence-electron chi connectivity index (χ2n) is 5.04. The van der Waals surface area contributed by atoms with Crippen molar-refractivity contribution in [2.24, 2.45) is 0 Å². The number of nitrogens with two attached hydrogens (primary N) is 1. The Kier molecular flexibility index (Phi) is 3.87. The lowest BCUT2D eigenvalue weighted by molar-refractivity contribution is 0.0949. The first-order valence-electron chi connectivity index (χ1n) is 6.42. The van der Waals surface area contributed by atoms with Crippen LogP contribution in [-0.2, 0) is 0 Å². The van der Waals surface area contributed by atoms with E-state index in [0.717, 1.165) is 18.2 Å². The number of hydrogen-bond acceptors (Lipinski definition) is 3. The van der Waals surface area contributed by atoms with Gasteiger partial charge in [0.15, 0.2) is 0 Å². The van der Waals surface area contributed by atoms with Crippen LogP contribution in [0.15, 0.2) is 18.2 Å². The van der Waals surface area contributed by atoms with E-state index in [2.05, 4.69) is 17.3 Å². The minimum atomic E-state index is -0.0169. The molecule has 0 spiro atoms. The van der Waals surface area contributed by atoms with Crippen LogP contribution in [0.3, 0.4) is 0 Å². The van der Waals surface area contributed by atoms with Crippen molar-refractivity contribution >= 4 is 11.6 Å². The SMILES string of the molecule is Cc1cc(N)ccc1C(=O)NCCN(C)C1CC1. The number of benzene rings is 1. The molecule has 0 atom stereocenters. The van der Waals surface area contributed by atoms with Gasteiger partial charge in [-0.3, -0.25) is 4.79 Å². The number of nitrogen functional groups attached to an aromatic ring is 1. The van der Waals surface area contributed by atoms with E-state index in [9.17, 15) is 4.79 Å². The van der Waals surface area contributed by atoms with Crippen molar-refractivity contribution in [3.8, 4) is 0 Å². The Hall–Kier alpha value is -1.55. The molecule has 3 N–H and O–H groups in total. The highest BCUT2D eigenvalue weighted by Crippen LogP contribution is 2.24. The van der Waals surface area contributed by atoms with Gasteiger partial charge < -0.3 is 16.0 Å². The molecule has 0 aromatic heterocycles. The molecule has 1 saturated carbocycles. The first-order valence-corrected chi connectivity index (χ1v) is 6.42. The number of likely N-dealkylation sites (N-methyl/N-ethyl adjacent to an activating group) is 1. The molecule has 1 aliphatic carbocycles. The number of nitrogens with zero attached hydrogens (tertiary/aromatic N) is 1. The fourth-order valence-corrected chi connectivity index (χ4v) is 2.08. The number of hydrogen-bond donors (Lipinski definition) is 2. The Morgan fingerprint density at radius 2 is 2.22 bits per heavy atom. The molecule has 1 aromatic carbocycles. The summed E-state index contributed by atoms with van der Waals surface area (Å²) in [6.45, 7) is 3.50. The summed E-state index contributed by atoms with van der Waals surface area (Å²) in [5, 5.41) is 2.95. The minimum absolute atomic E-state index is 0.0169. The van der Waals surface area contributed by atoms with E-state index in [4.69, 9.17) is 5.73 Å². The summed E-state index contributed by atoms with van der Waals surface area (Å²) in [5.74, 6) is -0.0169. The Morgan fingerprint density at radius 1 is 1.50 bits per heavy atom. The molecular formula is C14H21N3O. The molecule has 0 saturated heterocycles. The van der Waals surface area contributed by atoms with Gasteiger partial charge in [-0.15, -0.1) is 0 Å². The van der Waals surface area contributed by atoms with Gasteiger partial charge in [0.05, 0.1) is 0 Å². The monoisotopic (exact) mass is 247 g/mol. The highest BCUT2D eigenvalue weighted by molar-refractivity contribution is 5.95. The van der Waals surface area contributed by atoms with Gasteiger partial charge in [0.25, 0.3) is 5.91 Å². The molecule has 98 valence electrons. The van der Waals surface area contributed by atoms with Crippen LogP contribution in [0.5, 0.6) is 0 Å². The summed E-state index contributed by atoms with van der Waals surface area (Å²) >= 11 is 0. The zero-order valence-corrected chi connectivity index (χ0v) is 11.1. The van der Waals surface area contributed by atoms with Gasteiger partial charge in [-0.2, -0.15) is 0 Å². The van der Waals surface area contributed by atoms with E-state index in [1.807, 2.05) is 13.0 Å². The first-order chi connectivity index (χ1) is 8.58. The largest absolute Gasteiger partial charge is 0.399 e. The zero-order chi connectivity index (χ0) is 13.1. The van der Waals surface area contributed by atoms with Crippen LogP contribution < -0.4 is 11.1 Å². The maximum atomic E-state index is 12.0. The van der Waals surface area contributed by atoms with Gasteiger partial charge in [0.1, 0.15) is 0 Å². The lowest BCUT2D eigenvalue weighted by atomic mass is 10.1. The highest BCUT2D eigenvalue weighted by Gasteiger charge is 2.25. The molecule has 0 heterocycles. The van der Waals surface area contributed by atoms with E-state index in [0.29, 0.717) is 17.8 Å². The topological polar surface area (TPSA) is 58.4 Å². The lowest BCUT2D eigenvalue weighted by Gasteiger charge is -2.16. The third kappa shape index (κ3) is 3.23. The van der Waals surface area contributed by atoms with Crippen LogP contribution in [0.2, 0.25) is 0 Å². The molecular weight excluding hydrogens is 226 g/mol. The van der Waals surface area contributed by atoms with Crippen LogP contribution in [0.25, 0.3) is 0 Å². The third-order valence-corrected chi connectivity index (χ3v) is 3.42. The Labute approximate surface area is 108 Å². The van der Waals surface area contributed by atoms with E-state index in [1.165, 1.54) is 12.8 Å². The normalized spacial score (nSPS) is 14.8. The molecule has 4 nitrogen and oxygen atoms in total. The van der Waals surface area contributed by atoms with Gasteiger partial charge >= 0.3 is 0 Å². The van der Waals surface area contributed by atoms with Crippen LogP contribution in [-0.4, -0.2) is 37.0 Å². The molecule has 1 aliphatic rings. The number of nitrogens with one attached hydrogen (secondary N) is 1. The second kappa shape index (κ2) is 5.40. The second-order valence-corrected chi connectivity index (χ2v) is 5.04. The van der Waals surface area contributed by atoms with Crippen LogP contribution in [0, 0.1) is 6.92 Å². The predicted octanol–water partition coefficient (Wildman–Crippen LogP) is 1.40. The number of carbonyl (C=O) groups is 1. The summed E-state index contributed by atoms with van der Waals surface area (Å²) in [7, 11) is 2.11. The molecule has 0 unspecified atom stereocenters. The smallest absolute Gasteiger partial charge is 0.251 e. The van der Waals surface area contributed by atoms with Crippen molar-refractivity contribution in [2.75, 3.05) is 25.9 Å². The average molecular weight is 247 g/mol. The van der Waals surface area contributed by atoms with Gasteiger partial charge in [-0.1, -0.05) is 0 Å². The Morgan fingerprint density at radius 3 is 2.83 bits per heavy atom. The molecule has 1 aromatic rings. The highest BCUT2D eigenvalue weighted by atomic mass is 16.1. The zero-order valence-electron chi connectivity index (χ0n) is 11.1.